The van der Waals surface area contributed by atoms with Crippen molar-refractivity contribution in [1.82, 2.24) is 4.72 Å². The van der Waals surface area contributed by atoms with Crippen LogP contribution < -0.4 is 4.72 Å². The molecule has 0 unspecified atom stereocenters. The van der Waals surface area contributed by atoms with Gasteiger partial charge in [0, 0.05) is 4.47 Å². The SMILES string of the molecule is C#CC(CC)(CC)NS(=O)(=O)c1ccc(Br)cc1. The van der Waals surface area contributed by atoms with Crippen LogP contribution in [-0.4, -0.2) is 14.0 Å². The van der Waals surface area contributed by atoms with Gasteiger partial charge in [0.15, 0.2) is 0 Å². The van der Waals surface area contributed by atoms with E-state index >= 15 is 0 Å². The molecule has 0 saturated carbocycles. The maximum absolute atomic E-state index is 12.2. The zero-order valence-electron chi connectivity index (χ0n) is 10.4. The number of terminal acetylenes is 1. The number of benzene rings is 1. The van der Waals surface area contributed by atoms with Crippen molar-refractivity contribution in [2.24, 2.45) is 0 Å². The molecule has 3 nitrogen and oxygen atoms in total. The van der Waals surface area contributed by atoms with Gasteiger partial charge in [-0.2, -0.15) is 4.72 Å². The quantitative estimate of drug-likeness (QED) is 0.844. The molecular formula is C13H16BrNO2S. The Bertz CT molecular complexity index is 539. The molecule has 0 radical (unpaired) electrons. The zero-order chi connectivity index (χ0) is 13.8. The number of halogens is 1. The van der Waals surface area contributed by atoms with Crippen molar-refractivity contribution in [1.29, 1.82) is 0 Å². The van der Waals surface area contributed by atoms with E-state index in [4.69, 9.17) is 6.42 Å². The Labute approximate surface area is 117 Å². The van der Waals surface area contributed by atoms with Crippen LogP contribution in [0, 0.1) is 12.3 Å². The van der Waals surface area contributed by atoms with Crippen molar-refractivity contribution in [2.45, 2.75) is 37.1 Å². The minimum atomic E-state index is -3.58. The second-order valence-electron chi connectivity index (χ2n) is 3.99. The van der Waals surface area contributed by atoms with E-state index in [1.165, 1.54) is 0 Å². The van der Waals surface area contributed by atoms with Crippen LogP contribution >= 0.6 is 15.9 Å². The molecule has 1 aromatic rings. The van der Waals surface area contributed by atoms with Gasteiger partial charge in [-0.25, -0.2) is 8.42 Å². The first kappa shape index (κ1) is 15.2. The van der Waals surface area contributed by atoms with Gasteiger partial charge in [-0.1, -0.05) is 35.7 Å². The average Bonchev–Trinajstić information content (AvgIpc) is 2.37. The van der Waals surface area contributed by atoms with E-state index in [2.05, 4.69) is 26.6 Å². The molecule has 0 fully saturated rings. The van der Waals surface area contributed by atoms with Crippen molar-refractivity contribution in [3.05, 3.63) is 28.7 Å². The standard InChI is InChI=1S/C13H16BrNO2S/c1-4-13(5-2,6-3)15-18(16,17)12-9-7-11(14)8-10-12/h1,7-10,15H,5-6H2,2-3H3. The Hall–Kier alpha value is -0.830. The first-order chi connectivity index (χ1) is 8.39. The van der Waals surface area contributed by atoms with Crippen LogP contribution in [0.1, 0.15) is 26.7 Å². The highest BCUT2D eigenvalue weighted by Crippen LogP contribution is 2.20. The molecule has 0 atom stereocenters. The smallest absolute Gasteiger partial charge is 0.207 e. The first-order valence-corrected chi connectivity index (χ1v) is 7.94. The molecular weight excluding hydrogens is 314 g/mol. The van der Waals surface area contributed by atoms with E-state index in [-0.39, 0.29) is 4.90 Å². The fourth-order valence-corrected chi connectivity index (χ4v) is 3.30. The minimum Gasteiger partial charge on any atom is -0.207 e. The highest BCUT2D eigenvalue weighted by Gasteiger charge is 2.29. The maximum Gasteiger partial charge on any atom is 0.241 e. The Balaban J connectivity index is 3.09. The van der Waals surface area contributed by atoms with Crippen molar-refractivity contribution < 1.29 is 8.42 Å². The molecule has 18 heavy (non-hydrogen) atoms. The van der Waals surface area contributed by atoms with Crippen LogP contribution in [0.5, 0.6) is 0 Å². The second-order valence-corrected chi connectivity index (χ2v) is 6.59. The fourth-order valence-electron chi connectivity index (χ4n) is 1.56. The van der Waals surface area contributed by atoms with E-state index < -0.39 is 15.6 Å². The van der Waals surface area contributed by atoms with Crippen molar-refractivity contribution >= 4 is 26.0 Å². The zero-order valence-corrected chi connectivity index (χ0v) is 12.8. The highest BCUT2D eigenvalue weighted by molar-refractivity contribution is 9.10. The molecule has 0 saturated heterocycles. The molecule has 0 bridgehead atoms. The predicted molar refractivity (Wildman–Crippen MR) is 76.6 cm³/mol. The normalized spacial score (nSPS) is 12.1. The molecule has 0 aromatic heterocycles. The number of hydrogen-bond acceptors (Lipinski definition) is 2. The van der Waals surface area contributed by atoms with Gasteiger partial charge in [-0.15, -0.1) is 6.42 Å². The lowest BCUT2D eigenvalue weighted by Gasteiger charge is -2.26. The molecule has 0 heterocycles. The Morgan fingerprint density at radius 1 is 1.28 bits per heavy atom. The molecule has 1 N–H and O–H groups in total. The third-order valence-corrected chi connectivity index (χ3v) is 5.02. The molecule has 0 aliphatic rings. The Morgan fingerprint density at radius 2 is 1.78 bits per heavy atom. The van der Waals surface area contributed by atoms with Gasteiger partial charge in [0.2, 0.25) is 10.0 Å². The van der Waals surface area contributed by atoms with E-state index in [0.29, 0.717) is 12.8 Å². The summed E-state index contributed by atoms with van der Waals surface area (Å²) in [5.41, 5.74) is -0.814. The van der Waals surface area contributed by atoms with Crippen LogP contribution in [-0.2, 0) is 10.0 Å². The molecule has 98 valence electrons. The van der Waals surface area contributed by atoms with Crippen molar-refractivity contribution in [3.63, 3.8) is 0 Å². The third kappa shape index (κ3) is 3.35. The topological polar surface area (TPSA) is 46.2 Å². The average molecular weight is 330 g/mol. The molecule has 5 heteroatoms. The van der Waals surface area contributed by atoms with Gasteiger partial charge in [0.25, 0.3) is 0 Å². The Morgan fingerprint density at radius 3 is 2.17 bits per heavy atom. The fraction of sp³-hybridized carbons (Fsp3) is 0.385. The summed E-state index contributed by atoms with van der Waals surface area (Å²) in [5.74, 6) is 2.55. The van der Waals surface area contributed by atoms with Crippen LogP contribution in [0.2, 0.25) is 0 Å². The second kappa shape index (κ2) is 5.87. The molecule has 0 spiro atoms. The van der Waals surface area contributed by atoms with Crippen LogP contribution in [0.3, 0.4) is 0 Å². The summed E-state index contributed by atoms with van der Waals surface area (Å²) in [6.45, 7) is 3.74. The summed E-state index contributed by atoms with van der Waals surface area (Å²) in [4.78, 5) is 0.215. The lowest BCUT2D eigenvalue weighted by atomic mass is 9.96. The van der Waals surface area contributed by atoms with Gasteiger partial charge in [-0.3, -0.25) is 0 Å². The first-order valence-electron chi connectivity index (χ1n) is 5.66. The lowest BCUT2D eigenvalue weighted by Crippen LogP contribution is -2.46. The third-order valence-electron chi connectivity index (χ3n) is 2.94. The summed E-state index contributed by atoms with van der Waals surface area (Å²) in [6.07, 6.45) is 6.56. The van der Waals surface area contributed by atoms with Crippen molar-refractivity contribution in [3.8, 4) is 12.3 Å². The van der Waals surface area contributed by atoms with E-state index in [9.17, 15) is 8.42 Å². The van der Waals surface area contributed by atoms with Gasteiger partial charge >= 0.3 is 0 Å². The van der Waals surface area contributed by atoms with Crippen molar-refractivity contribution in [2.75, 3.05) is 0 Å². The molecule has 1 rings (SSSR count). The molecule has 0 aliphatic carbocycles. The monoisotopic (exact) mass is 329 g/mol. The van der Waals surface area contributed by atoms with Gasteiger partial charge in [0.1, 0.15) is 0 Å². The number of sulfonamides is 1. The lowest BCUT2D eigenvalue weighted by molar-refractivity contribution is 0.451. The summed E-state index contributed by atoms with van der Waals surface area (Å²) in [7, 11) is -3.58. The summed E-state index contributed by atoms with van der Waals surface area (Å²) < 4.78 is 27.9. The van der Waals surface area contributed by atoms with Gasteiger partial charge in [0.05, 0.1) is 10.4 Å². The predicted octanol–water partition coefficient (Wildman–Crippen LogP) is 2.92. The largest absolute Gasteiger partial charge is 0.241 e. The van der Waals surface area contributed by atoms with Crippen LogP contribution in [0.4, 0.5) is 0 Å². The van der Waals surface area contributed by atoms with E-state index in [1.807, 2.05) is 13.8 Å². The summed E-state index contributed by atoms with van der Waals surface area (Å²) in [5, 5.41) is 0. The number of hydrogen-bond donors (Lipinski definition) is 1. The van der Waals surface area contributed by atoms with E-state index in [1.54, 1.807) is 24.3 Å². The molecule has 1 aromatic carbocycles. The van der Waals surface area contributed by atoms with Gasteiger partial charge in [-0.05, 0) is 37.1 Å². The summed E-state index contributed by atoms with van der Waals surface area (Å²) >= 11 is 3.27. The van der Waals surface area contributed by atoms with E-state index in [0.717, 1.165) is 4.47 Å². The summed E-state index contributed by atoms with van der Waals surface area (Å²) in [6, 6.07) is 6.45. The molecule has 0 amide bonds. The maximum atomic E-state index is 12.2. The Kier molecular flexibility index (Phi) is 4.97. The molecule has 0 aliphatic heterocycles. The van der Waals surface area contributed by atoms with Gasteiger partial charge < -0.3 is 0 Å². The van der Waals surface area contributed by atoms with Crippen LogP contribution in [0.25, 0.3) is 0 Å². The van der Waals surface area contributed by atoms with Crippen LogP contribution in [0.15, 0.2) is 33.6 Å². The highest BCUT2D eigenvalue weighted by atomic mass is 79.9. The number of nitrogens with one attached hydrogen (secondary N) is 1. The minimum absolute atomic E-state index is 0.215. The number of rotatable bonds is 5.